The van der Waals surface area contributed by atoms with Gasteiger partial charge in [-0.1, -0.05) is 84.9 Å². The zero-order valence-corrected chi connectivity index (χ0v) is 30.7. The quantitative estimate of drug-likeness (QED) is 0.184. The number of aromatic carboxylic acids is 2. The van der Waals surface area contributed by atoms with E-state index in [4.69, 9.17) is 5.11 Å². The molecule has 1 fully saturated rings. The van der Waals surface area contributed by atoms with Crippen molar-refractivity contribution in [1.82, 2.24) is 19.6 Å². The van der Waals surface area contributed by atoms with Crippen LogP contribution in [0, 0.1) is 0 Å². The number of rotatable bonds is 10. The van der Waals surface area contributed by atoms with Gasteiger partial charge in [-0.15, -0.1) is 0 Å². The maximum Gasteiger partial charge on any atom is 2.00 e. The fourth-order valence-corrected chi connectivity index (χ4v) is 6.18. The van der Waals surface area contributed by atoms with E-state index in [-0.39, 0.29) is 50.6 Å². The van der Waals surface area contributed by atoms with E-state index in [1.165, 1.54) is 0 Å². The van der Waals surface area contributed by atoms with Crippen LogP contribution >= 0.6 is 0 Å². The molecule has 0 unspecified atom stereocenters. The summed E-state index contributed by atoms with van der Waals surface area (Å²) in [7, 11) is 1.00. The third-order valence-corrected chi connectivity index (χ3v) is 8.96. The van der Waals surface area contributed by atoms with Gasteiger partial charge in [0.15, 0.2) is 0 Å². The van der Waals surface area contributed by atoms with Crippen molar-refractivity contribution in [2.45, 2.75) is 26.2 Å². The summed E-state index contributed by atoms with van der Waals surface area (Å²) in [5.74, 6) is -1.96. The Morgan fingerprint density at radius 1 is 0.472 bits per heavy atom. The minimum atomic E-state index is -1.22. The van der Waals surface area contributed by atoms with E-state index < -0.39 is 11.9 Å². The van der Waals surface area contributed by atoms with E-state index >= 15 is 0 Å². The summed E-state index contributed by atoms with van der Waals surface area (Å²) in [6.07, 6.45) is 0. The predicted molar refractivity (Wildman–Crippen MR) is 194 cm³/mol. The van der Waals surface area contributed by atoms with E-state index in [0.29, 0.717) is 89.7 Å². The molecule has 0 aromatic heterocycles. The molecule has 0 amide bonds. The molecule has 1 aliphatic heterocycles. The maximum absolute atomic E-state index is 11.9. The van der Waals surface area contributed by atoms with Crippen LogP contribution in [0.4, 0.5) is 0 Å². The Balaban J connectivity index is 0.00000276. The van der Waals surface area contributed by atoms with E-state index in [2.05, 4.69) is 19.6 Å². The van der Waals surface area contributed by atoms with Crippen molar-refractivity contribution in [3.63, 3.8) is 0 Å². The number of aliphatic hydroxyl groups excluding tert-OH is 1. The number of phenols is 2. The second kappa shape index (κ2) is 24.1. The standard InChI is InChI=1S/C38H44N4O6.CH4O.Cu.2H2O/c43-35-15-7-3-11-31(35)27-41-21-19-39(25-29-9-1-5-13-33(29)37(45)46)17-18-40(26-30-10-2-6-14-34(30)38(47)48)20-22-42(24-23-41)28-32-12-4-8-16-36(32)44;1-2;;;/h1-16,43-44H,17-28H2,(H,45,46)(H,47,48);2H,1H3;;2*1H2/q;;+2;;/p-2. The normalized spacial score (nSPS) is 14.8. The summed E-state index contributed by atoms with van der Waals surface area (Å²) in [6, 6.07) is 28.4. The smallest absolute Gasteiger partial charge is 0.545 e. The Morgan fingerprint density at radius 2 is 0.698 bits per heavy atom. The van der Waals surface area contributed by atoms with Crippen molar-refractivity contribution >= 4 is 11.9 Å². The number of benzene rings is 4. The molecule has 291 valence electrons. The molecule has 14 heteroatoms. The fourth-order valence-electron chi connectivity index (χ4n) is 6.18. The molecule has 4 aromatic carbocycles. The third-order valence-electron chi connectivity index (χ3n) is 8.96. The van der Waals surface area contributed by atoms with Crippen LogP contribution in [0.25, 0.3) is 0 Å². The first-order valence-electron chi connectivity index (χ1n) is 16.7. The van der Waals surface area contributed by atoms with Crippen LogP contribution < -0.4 is 10.2 Å². The summed E-state index contributed by atoms with van der Waals surface area (Å²) >= 11 is 0. The Kier molecular flexibility index (Phi) is 21.2. The van der Waals surface area contributed by atoms with Gasteiger partial charge in [0.05, 0.1) is 11.9 Å². The zero-order valence-electron chi connectivity index (χ0n) is 29.8. The second-order valence-corrected chi connectivity index (χ2v) is 12.3. The van der Waals surface area contributed by atoms with Crippen LogP contribution in [-0.4, -0.2) is 117 Å². The minimum Gasteiger partial charge on any atom is -0.545 e. The molecule has 13 nitrogen and oxygen atoms in total. The molecule has 5 rings (SSSR count). The van der Waals surface area contributed by atoms with E-state index in [1.807, 2.05) is 48.5 Å². The predicted octanol–water partition coefficient (Wildman–Crippen LogP) is 0.104. The molecular formula is C39H50CuN4O9. The molecule has 1 aliphatic rings. The summed E-state index contributed by atoms with van der Waals surface area (Å²) in [6.45, 7) is 6.97. The molecular weight excluding hydrogens is 732 g/mol. The van der Waals surface area contributed by atoms with Gasteiger partial charge in [-0.05, 0) is 23.3 Å². The Morgan fingerprint density at radius 3 is 0.962 bits per heavy atom. The summed E-state index contributed by atoms with van der Waals surface area (Å²) in [5.41, 5.74) is 3.30. The molecule has 53 heavy (non-hydrogen) atoms. The number of aliphatic hydroxyl groups is 1. The first kappa shape index (κ1) is 46.7. The van der Waals surface area contributed by atoms with E-state index in [0.717, 1.165) is 18.2 Å². The van der Waals surface area contributed by atoms with Gasteiger partial charge in [0.2, 0.25) is 0 Å². The first-order chi connectivity index (χ1) is 24.3. The Bertz CT molecular complexity index is 1570. The molecule has 7 N–H and O–H groups in total. The molecule has 0 saturated carbocycles. The Hall–Kier alpha value is -4.34. The van der Waals surface area contributed by atoms with Crippen LogP contribution in [0.3, 0.4) is 0 Å². The number of aromatic hydroxyl groups is 2. The average Bonchev–Trinajstić information content (AvgIpc) is 3.12. The fraction of sp³-hybridized carbons (Fsp3) is 0.333. The number of para-hydroxylation sites is 2. The van der Waals surface area contributed by atoms with Gasteiger partial charge >= 0.3 is 17.1 Å². The SMILES string of the molecule is CO.O.O.O=C([O-])c1ccccc1CN1CCN(Cc2ccccc2O)CCN(Cc2ccccc2O)CCN(Cc2ccccc2C(=O)[O-])CC1.[Cu+2]. The van der Waals surface area contributed by atoms with Crippen LogP contribution in [0.2, 0.25) is 0 Å². The number of phenolic OH excluding ortho intramolecular Hbond substituents is 2. The van der Waals surface area contributed by atoms with Gasteiger partial charge in [0, 0.05) is 108 Å². The van der Waals surface area contributed by atoms with Gasteiger partial charge in [-0.25, -0.2) is 0 Å². The molecule has 0 atom stereocenters. The van der Waals surface area contributed by atoms with Crippen molar-refractivity contribution in [2.75, 3.05) is 59.5 Å². The van der Waals surface area contributed by atoms with E-state index in [9.17, 15) is 30.0 Å². The van der Waals surface area contributed by atoms with Crippen molar-refractivity contribution < 1.29 is 63.1 Å². The zero-order chi connectivity index (χ0) is 35.9. The van der Waals surface area contributed by atoms with Crippen molar-refractivity contribution in [2.24, 2.45) is 0 Å². The van der Waals surface area contributed by atoms with Gasteiger partial charge in [0.25, 0.3) is 0 Å². The molecule has 0 aliphatic carbocycles. The minimum absolute atomic E-state index is 0. The van der Waals surface area contributed by atoms with Crippen LogP contribution in [0.1, 0.15) is 43.0 Å². The summed E-state index contributed by atoms with van der Waals surface area (Å²) < 4.78 is 0. The van der Waals surface area contributed by atoms with Crippen LogP contribution in [0.15, 0.2) is 97.1 Å². The van der Waals surface area contributed by atoms with Gasteiger partial charge in [-0.2, -0.15) is 0 Å². The number of hydrogen-bond donors (Lipinski definition) is 3. The topological polar surface area (TPSA) is 217 Å². The van der Waals surface area contributed by atoms with Gasteiger partial charge in [0.1, 0.15) is 11.5 Å². The third kappa shape index (κ3) is 14.2. The summed E-state index contributed by atoms with van der Waals surface area (Å²) in [5, 5.41) is 52.0. The van der Waals surface area contributed by atoms with Crippen LogP contribution in [-0.2, 0) is 43.2 Å². The average molecular weight is 782 g/mol. The molecule has 1 saturated heterocycles. The van der Waals surface area contributed by atoms with Gasteiger partial charge < -0.3 is 46.1 Å². The van der Waals surface area contributed by atoms with Crippen LogP contribution in [0.5, 0.6) is 11.5 Å². The van der Waals surface area contributed by atoms with E-state index in [1.54, 1.807) is 48.5 Å². The molecule has 0 spiro atoms. The maximum atomic E-state index is 11.9. The monoisotopic (exact) mass is 781 g/mol. The molecule has 4 aromatic rings. The number of nitrogens with zero attached hydrogens (tertiary/aromatic N) is 4. The largest absolute Gasteiger partial charge is 2.00 e. The van der Waals surface area contributed by atoms with Gasteiger partial charge in [-0.3, -0.25) is 19.6 Å². The Labute approximate surface area is 321 Å². The number of carboxylic acid groups (broad SMARTS) is 2. The summed E-state index contributed by atoms with van der Waals surface area (Å²) in [4.78, 5) is 32.9. The first-order valence-corrected chi connectivity index (χ1v) is 16.7. The number of carbonyl (C=O) groups is 2. The van der Waals surface area contributed by atoms with Crippen molar-refractivity contribution in [3.8, 4) is 11.5 Å². The second-order valence-electron chi connectivity index (χ2n) is 12.3. The van der Waals surface area contributed by atoms with Crippen molar-refractivity contribution in [3.05, 3.63) is 130 Å². The number of carboxylic acids is 2. The molecule has 1 heterocycles. The molecule has 1 radical (unpaired) electrons. The van der Waals surface area contributed by atoms with Crippen molar-refractivity contribution in [1.29, 1.82) is 0 Å². The molecule has 0 bridgehead atoms. The number of hydrogen-bond acceptors (Lipinski definition) is 11. The number of carbonyl (C=O) groups excluding carboxylic acids is 2.